The lowest BCUT2D eigenvalue weighted by atomic mass is 9.89. The van der Waals surface area contributed by atoms with Crippen molar-refractivity contribution in [1.29, 1.82) is 0 Å². The molecule has 0 heteroatoms. The summed E-state index contributed by atoms with van der Waals surface area (Å²) in [5.41, 5.74) is 2.40. The molecule has 1 saturated carbocycles. The van der Waals surface area contributed by atoms with E-state index in [4.69, 9.17) is 0 Å². The van der Waals surface area contributed by atoms with Crippen molar-refractivity contribution in [2.75, 3.05) is 0 Å². The van der Waals surface area contributed by atoms with Crippen LogP contribution in [0.25, 0.3) is 0 Å². The molecule has 0 bridgehead atoms. The minimum atomic E-state index is 0.740. The number of hydrogen-bond acceptors (Lipinski definition) is 0. The van der Waals surface area contributed by atoms with Gasteiger partial charge in [-0.3, -0.25) is 0 Å². The van der Waals surface area contributed by atoms with Crippen molar-refractivity contribution in [2.45, 2.75) is 33.6 Å². The van der Waals surface area contributed by atoms with Crippen LogP contribution in [-0.4, -0.2) is 0 Å². The third kappa shape index (κ3) is 0.574. The molecule has 2 rings (SSSR count). The molecule has 56 valence electrons. The zero-order chi connectivity index (χ0) is 7.35. The van der Waals surface area contributed by atoms with Crippen LogP contribution in [0.15, 0.2) is 11.6 Å². The molecule has 2 aliphatic carbocycles. The van der Waals surface area contributed by atoms with Crippen molar-refractivity contribution >= 4 is 0 Å². The quantitative estimate of drug-likeness (QED) is 0.486. The molecule has 0 heterocycles. The summed E-state index contributed by atoms with van der Waals surface area (Å²) in [6, 6.07) is 0. The maximum absolute atomic E-state index is 2.44. The molecular formula is C10H16. The summed E-state index contributed by atoms with van der Waals surface area (Å²) in [6.45, 7) is 7.03. The van der Waals surface area contributed by atoms with Gasteiger partial charge in [-0.15, -0.1) is 0 Å². The van der Waals surface area contributed by atoms with E-state index in [9.17, 15) is 0 Å². The van der Waals surface area contributed by atoms with Gasteiger partial charge in [-0.1, -0.05) is 25.5 Å². The van der Waals surface area contributed by atoms with Crippen LogP contribution in [0.2, 0.25) is 0 Å². The van der Waals surface area contributed by atoms with E-state index in [-0.39, 0.29) is 0 Å². The van der Waals surface area contributed by atoms with Crippen LogP contribution < -0.4 is 0 Å². The second-order valence-electron chi connectivity index (χ2n) is 4.30. The SMILES string of the molecule is CC1=CC[C@]2(C(C)C)C[C@@H]12. The van der Waals surface area contributed by atoms with Crippen molar-refractivity contribution in [3.05, 3.63) is 11.6 Å². The fraction of sp³-hybridized carbons (Fsp3) is 0.800. The Bertz CT molecular complexity index is 188. The van der Waals surface area contributed by atoms with E-state index >= 15 is 0 Å². The van der Waals surface area contributed by atoms with Gasteiger partial charge in [0.05, 0.1) is 0 Å². The standard InChI is InChI=1S/C10H16/c1-7(2)10-5-4-8(3)9(10)6-10/h4,7,9H,5-6H2,1-3H3/t9-,10+/m0/s1. The Morgan fingerprint density at radius 3 is 2.50 bits per heavy atom. The van der Waals surface area contributed by atoms with E-state index in [1.165, 1.54) is 12.8 Å². The molecule has 0 aromatic rings. The van der Waals surface area contributed by atoms with Crippen LogP contribution in [0.4, 0.5) is 0 Å². The summed E-state index contributed by atoms with van der Waals surface area (Å²) in [5, 5.41) is 0. The van der Waals surface area contributed by atoms with Crippen molar-refractivity contribution in [2.24, 2.45) is 17.3 Å². The Kier molecular flexibility index (Phi) is 1.07. The Morgan fingerprint density at radius 2 is 2.30 bits per heavy atom. The third-order valence-electron chi connectivity index (χ3n) is 3.62. The average Bonchev–Trinajstić information content (AvgIpc) is 2.52. The van der Waals surface area contributed by atoms with Gasteiger partial charge in [0, 0.05) is 0 Å². The van der Waals surface area contributed by atoms with Crippen molar-refractivity contribution in [3.8, 4) is 0 Å². The summed E-state index contributed by atoms with van der Waals surface area (Å²) >= 11 is 0. The largest absolute Gasteiger partial charge is 0.0847 e. The van der Waals surface area contributed by atoms with Crippen molar-refractivity contribution in [1.82, 2.24) is 0 Å². The van der Waals surface area contributed by atoms with Gasteiger partial charge >= 0.3 is 0 Å². The second kappa shape index (κ2) is 1.66. The van der Waals surface area contributed by atoms with E-state index in [0.717, 1.165) is 17.3 Å². The zero-order valence-corrected chi connectivity index (χ0v) is 7.15. The molecule has 0 radical (unpaired) electrons. The first-order valence-corrected chi connectivity index (χ1v) is 4.33. The number of hydrogen-bond donors (Lipinski definition) is 0. The average molecular weight is 136 g/mol. The van der Waals surface area contributed by atoms with Gasteiger partial charge in [0.1, 0.15) is 0 Å². The summed E-state index contributed by atoms with van der Waals surface area (Å²) in [6.07, 6.45) is 5.28. The molecule has 0 aromatic carbocycles. The van der Waals surface area contributed by atoms with Gasteiger partial charge in [-0.2, -0.15) is 0 Å². The number of fused-ring (bicyclic) bond motifs is 1. The van der Waals surface area contributed by atoms with E-state index in [1.54, 1.807) is 5.57 Å². The molecule has 1 fully saturated rings. The fourth-order valence-corrected chi connectivity index (χ4v) is 2.53. The normalized spacial score (nSPS) is 43.6. The first-order chi connectivity index (χ1) is 4.67. The van der Waals surface area contributed by atoms with Crippen LogP contribution in [0, 0.1) is 17.3 Å². The highest BCUT2D eigenvalue weighted by molar-refractivity contribution is 5.28. The second-order valence-corrected chi connectivity index (χ2v) is 4.30. The van der Waals surface area contributed by atoms with Crippen molar-refractivity contribution in [3.63, 3.8) is 0 Å². The topological polar surface area (TPSA) is 0 Å². The van der Waals surface area contributed by atoms with Gasteiger partial charge in [-0.05, 0) is 37.0 Å². The fourth-order valence-electron chi connectivity index (χ4n) is 2.53. The molecule has 0 spiro atoms. The molecule has 2 aliphatic rings. The molecular weight excluding hydrogens is 120 g/mol. The van der Waals surface area contributed by atoms with Crippen LogP contribution in [0.5, 0.6) is 0 Å². The third-order valence-corrected chi connectivity index (χ3v) is 3.62. The first kappa shape index (κ1) is 6.45. The van der Waals surface area contributed by atoms with Crippen LogP contribution in [0.1, 0.15) is 33.6 Å². The van der Waals surface area contributed by atoms with E-state index in [0.29, 0.717) is 0 Å². The molecule has 0 aromatic heterocycles. The maximum Gasteiger partial charge on any atom is -0.0138 e. The minimum Gasteiger partial charge on any atom is -0.0847 e. The van der Waals surface area contributed by atoms with Crippen LogP contribution in [0.3, 0.4) is 0 Å². The monoisotopic (exact) mass is 136 g/mol. The lowest BCUT2D eigenvalue weighted by Gasteiger charge is -2.15. The lowest BCUT2D eigenvalue weighted by Crippen LogP contribution is -2.08. The van der Waals surface area contributed by atoms with Gasteiger partial charge in [0.2, 0.25) is 0 Å². The predicted octanol–water partition coefficient (Wildman–Crippen LogP) is 3.00. The lowest BCUT2D eigenvalue weighted by molar-refractivity contribution is 0.354. The van der Waals surface area contributed by atoms with Gasteiger partial charge in [0.25, 0.3) is 0 Å². The molecule has 0 N–H and O–H groups in total. The highest BCUT2D eigenvalue weighted by Gasteiger charge is 2.58. The molecule has 0 amide bonds. The van der Waals surface area contributed by atoms with Crippen molar-refractivity contribution < 1.29 is 0 Å². The molecule has 10 heavy (non-hydrogen) atoms. The Hall–Kier alpha value is -0.260. The number of rotatable bonds is 1. The summed E-state index contributed by atoms with van der Waals surface area (Å²) < 4.78 is 0. The Morgan fingerprint density at radius 1 is 1.60 bits per heavy atom. The Labute approximate surface area is 63.3 Å². The minimum absolute atomic E-state index is 0.740. The first-order valence-electron chi connectivity index (χ1n) is 4.33. The molecule has 0 aliphatic heterocycles. The van der Waals surface area contributed by atoms with E-state index in [1.807, 2.05) is 0 Å². The summed E-state index contributed by atoms with van der Waals surface area (Å²) in [4.78, 5) is 0. The number of allylic oxidation sites excluding steroid dienone is 2. The van der Waals surface area contributed by atoms with E-state index < -0.39 is 0 Å². The molecule has 0 unspecified atom stereocenters. The van der Waals surface area contributed by atoms with Crippen LogP contribution in [-0.2, 0) is 0 Å². The molecule has 2 atom stereocenters. The highest BCUT2D eigenvalue weighted by Crippen LogP contribution is 2.67. The zero-order valence-electron chi connectivity index (χ0n) is 7.15. The summed E-state index contributed by atoms with van der Waals surface area (Å²) in [7, 11) is 0. The van der Waals surface area contributed by atoms with Crippen LogP contribution >= 0.6 is 0 Å². The summed E-state index contributed by atoms with van der Waals surface area (Å²) in [5.74, 6) is 1.87. The molecule has 0 nitrogen and oxygen atoms in total. The molecule has 0 saturated heterocycles. The predicted molar refractivity (Wildman–Crippen MR) is 43.8 cm³/mol. The Balaban J connectivity index is 2.17. The van der Waals surface area contributed by atoms with E-state index in [2.05, 4.69) is 26.8 Å². The maximum atomic E-state index is 2.44. The van der Waals surface area contributed by atoms with Gasteiger partial charge in [0.15, 0.2) is 0 Å². The smallest absolute Gasteiger partial charge is 0.0138 e. The highest BCUT2D eigenvalue weighted by atomic mass is 14.6. The van der Waals surface area contributed by atoms with Gasteiger partial charge < -0.3 is 0 Å². The van der Waals surface area contributed by atoms with Gasteiger partial charge in [-0.25, -0.2) is 0 Å².